The van der Waals surface area contributed by atoms with Crippen molar-refractivity contribution in [3.63, 3.8) is 0 Å². The summed E-state index contributed by atoms with van der Waals surface area (Å²) >= 11 is 0. The van der Waals surface area contributed by atoms with Gasteiger partial charge in [0.2, 0.25) is 5.91 Å². The third-order valence-corrected chi connectivity index (χ3v) is 2.57. The molecule has 1 aromatic carbocycles. The van der Waals surface area contributed by atoms with E-state index in [-0.39, 0.29) is 19.1 Å². The molecule has 2 rings (SSSR count). The Bertz CT molecular complexity index is 588. The van der Waals surface area contributed by atoms with E-state index < -0.39 is 6.09 Å². The molecule has 0 radical (unpaired) electrons. The molecule has 0 aliphatic heterocycles. The van der Waals surface area contributed by atoms with Crippen molar-refractivity contribution in [2.45, 2.75) is 6.61 Å². The summed E-state index contributed by atoms with van der Waals surface area (Å²) in [5.74, 6) is -0.335. The van der Waals surface area contributed by atoms with Gasteiger partial charge in [-0.05, 0) is 17.7 Å². The number of anilines is 1. The van der Waals surface area contributed by atoms with Crippen molar-refractivity contribution in [2.24, 2.45) is 0 Å². The van der Waals surface area contributed by atoms with Gasteiger partial charge in [0, 0.05) is 18.1 Å². The van der Waals surface area contributed by atoms with Gasteiger partial charge in [0.05, 0.1) is 0 Å². The molecule has 0 spiro atoms. The van der Waals surface area contributed by atoms with E-state index in [2.05, 4.69) is 15.6 Å². The summed E-state index contributed by atoms with van der Waals surface area (Å²) < 4.78 is 4.99. The van der Waals surface area contributed by atoms with E-state index in [1.165, 1.54) is 0 Å². The number of nitrogens with zero attached hydrogens (tertiary/aromatic N) is 1. The maximum absolute atomic E-state index is 11.6. The number of rotatable bonds is 5. The van der Waals surface area contributed by atoms with Gasteiger partial charge in [0.25, 0.3) is 0 Å². The van der Waals surface area contributed by atoms with E-state index in [1.807, 2.05) is 30.3 Å². The van der Waals surface area contributed by atoms with Gasteiger partial charge in [-0.25, -0.2) is 4.79 Å². The van der Waals surface area contributed by atoms with Crippen LogP contribution in [0.5, 0.6) is 0 Å². The van der Waals surface area contributed by atoms with Crippen LogP contribution in [-0.2, 0) is 16.1 Å². The zero-order valence-corrected chi connectivity index (χ0v) is 11.3. The molecule has 0 aliphatic carbocycles. The second kappa shape index (κ2) is 7.64. The molecule has 0 fully saturated rings. The Kier molecular flexibility index (Phi) is 5.28. The maximum atomic E-state index is 11.6. The predicted octanol–water partition coefficient (Wildman–Crippen LogP) is 1.95. The first-order valence-electron chi connectivity index (χ1n) is 6.38. The molecule has 21 heavy (non-hydrogen) atoms. The summed E-state index contributed by atoms with van der Waals surface area (Å²) in [5.41, 5.74) is 1.50. The first kappa shape index (κ1) is 14.5. The number of aromatic nitrogens is 1. The first-order valence-corrected chi connectivity index (χ1v) is 6.38. The lowest BCUT2D eigenvalue weighted by Crippen LogP contribution is -2.33. The van der Waals surface area contributed by atoms with Gasteiger partial charge < -0.3 is 15.4 Å². The summed E-state index contributed by atoms with van der Waals surface area (Å²) in [6.07, 6.45) is 2.50. The van der Waals surface area contributed by atoms with Gasteiger partial charge in [0.15, 0.2) is 0 Å². The van der Waals surface area contributed by atoms with Crippen molar-refractivity contribution in [3.05, 3.63) is 60.4 Å². The lowest BCUT2D eigenvalue weighted by atomic mass is 10.2. The molecule has 6 heteroatoms. The number of benzene rings is 1. The fourth-order valence-electron chi connectivity index (χ4n) is 1.57. The molecule has 0 bridgehead atoms. The van der Waals surface area contributed by atoms with Crippen LogP contribution < -0.4 is 10.6 Å². The van der Waals surface area contributed by atoms with Gasteiger partial charge >= 0.3 is 6.09 Å². The van der Waals surface area contributed by atoms with Gasteiger partial charge in [-0.2, -0.15) is 0 Å². The van der Waals surface area contributed by atoms with Gasteiger partial charge in [-0.3, -0.25) is 9.78 Å². The summed E-state index contributed by atoms with van der Waals surface area (Å²) in [6, 6.07) is 12.6. The van der Waals surface area contributed by atoms with Crippen LogP contribution in [0.15, 0.2) is 54.9 Å². The zero-order chi connectivity index (χ0) is 14.9. The zero-order valence-electron chi connectivity index (χ0n) is 11.3. The van der Waals surface area contributed by atoms with Crippen molar-refractivity contribution in [1.29, 1.82) is 0 Å². The highest BCUT2D eigenvalue weighted by Gasteiger charge is 2.06. The second-order valence-corrected chi connectivity index (χ2v) is 4.20. The minimum Gasteiger partial charge on any atom is -0.445 e. The van der Waals surface area contributed by atoms with Crippen molar-refractivity contribution < 1.29 is 14.3 Å². The highest BCUT2D eigenvalue weighted by Crippen LogP contribution is 2.02. The van der Waals surface area contributed by atoms with Crippen LogP contribution in [-0.4, -0.2) is 23.5 Å². The van der Waals surface area contributed by atoms with Crippen molar-refractivity contribution in [2.75, 3.05) is 11.9 Å². The van der Waals surface area contributed by atoms with Crippen LogP contribution in [0.2, 0.25) is 0 Å². The molecule has 6 nitrogen and oxygen atoms in total. The van der Waals surface area contributed by atoms with Crippen molar-refractivity contribution >= 4 is 17.7 Å². The average Bonchev–Trinajstić information content (AvgIpc) is 2.53. The summed E-state index contributed by atoms with van der Waals surface area (Å²) in [4.78, 5) is 26.9. The monoisotopic (exact) mass is 285 g/mol. The van der Waals surface area contributed by atoms with Gasteiger partial charge in [-0.1, -0.05) is 30.3 Å². The molecule has 0 saturated carbocycles. The number of ether oxygens (including phenoxy) is 1. The topological polar surface area (TPSA) is 80.3 Å². The van der Waals surface area contributed by atoms with Crippen molar-refractivity contribution in [1.82, 2.24) is 10.3 Å². The average molecular weight is 285 g/mol. The molecule has 2 aromatic rings. The Morgan fingerprint density at radius 1 is 1.05 bits per heavy atom. The first-order chi connectivity index (χ1) is 10.2. The second-order valence-electron chi connectivity index (χ2n) is 4.20. The van der Waals surface area contributed by atoms with E-state index in [9.17, 15) is 9.59 Å². The third kappa shape index (κ3) is 5.32. The fourth-order valence-corrected chi connectivity index (χ4v) is 1.57. The Hall–Kier alpha value is -2.89. The minimum absolute atomic E-state index is 0.157. The van der Waals surface area contributed by atoms with Crippen LogP contribution >= 0.6 is 0 Å². The van der Waals surface area contributed by atoms with Crippen LogP contribution in [0.3, 0.4) is 0 Å². The van der Waals surface area contributed by atoms with Gasteiger partial charge in [0.1, 0.15) is 13.2 Å². The highest BCUT2D eigenvalue weighted by atomic mass is 16.5. The number of pyridine rings is 1. The number of amides is 2. The maximum Gasteiger partial charge on any atom is 0.407 e. The molecule has 0 atom stereocenters. The highest BCUT2D eigenvalue weighted by molar-refractivity contribution is 5.93. The third-order valence-electron chi connectivity index (χ3n) is 2.57. The number of carbonyl (C=O) groups excluding carboxylic acids is 2. The van der Waals surface area contributed by atoms with E-state index in [0.717, 1.165) is 5.56 Å². The Morgan fingerprint density at radius 2 is 1.76 bits per heavy atom. The number of alkyl carbamates (subject to hydrolysis) is 1. The lowest BCUT2D eigenvalue weighted by Gasteiger charge is -2.07. The molecular weight excluding hydrogens is 270 g/mol. The fraction of sp³-hybridized carbons (Fsp3) is 0.133. The Balaban J connectivity index is 1.68. The lowest BCUT2D eigenvalue weighted by molar-refractivity contribution is -0.115. The minimum atomic E-state index is -0.635. The smallest absolute Gasteiger partial charge is 0.407 e. The standard InChI is InChI=1S/C15H15N3O3/c19-14(18-13-6-8-16-9-7-13)10-17-15(20)21-11-12-4-2-1-3-5-12/h1-9H,10-11H2,(H,17,20)(H,16,18,19). The molecule has 0 unspecified atom stereocenters. The van der Waals surface area contributed by atoms with Crippen LogP contribution in [0.1, 0.15) is 5.56 Å². The van der Waals surface area contributed by atoms with Gasteiger partial charge in [-0.15, -0.1) is 0 Å². The molecule has 0 aliphatic rings. The molecule has 2 N–H and O–H groups in total. The van der Waals surface area contributed by atoms with E-state index >= 15 is 0 Å². The SMILES string of the molecule is O=C(CNC(=O)OCc1ccccc1)Nc1ccncc1. The van der Waals surface area contributed by atoms with Crippen molar-refractivity contribution in [3.8, 4) is 0 Å². The molecule has 1 aromatic heterocycles. The normalized spacial score (nSPS) is 9.71. The van der Waals surface area contributed by atoms with E-state index in [0.29, 0.717) is 5.69 Å². The molecular formula is C15H15N3O3. The largest absolute Gasteiger partial charge is 0.445 e. The molecule has 0 saturated heterocycles. The predicted molar refractivity (Wildman–Crippen MR) is 77.5 cm³/mol. The number of carbonyl (C=O) groups is 2. The Labute approximate surface area is 122 Å². The van der Waals surface area contributed by atoms with Crippen LogP contribution in [0, 0.1) is 0 Å². The number of hydrogen-bond donors (Lipinski definition) is 2. The summed E-state index contributed by atoms with van der Waals surface area (Å²) in [6.45, 7) is 0.00852. The Morgan fingerprint density at radius 3 is 2.48 bits per heavy atom. The van der Waals surface area contributed by atoms with E-state index in [1.54, 1.807) is 24.5 Å². The number of hydrogen-bond acceptors (Lipinski definition) is 4. The molecule has 108 valence electrons. The quantitative estimate of drug-likeness (QED) is 0.880. The number of nitrogens with one attached hydrogen (secondary N) is 2. The van der Waals surface area contributed by atoms with Crippen LogP contribution in [0.25, 0.3) is 0 Å². The van der Waals surface area contributed by atoms with Crippen LogP contribution in [0.4, 0.5) is 10.5 Å². The summed E-state index contributed by atoms with van der Waals surface area (Å²) in [7, 11) is 0. The molecule has 2 amide bonds. The summed E-state index contributed by atoms with van der Waals surface area (Å²) in [5, 5.41) is 5.01. The molecule has 1 heterocycles. The van der Waals surface area contributed by atoms with E-state index in [4.69, 9.17) is 4.74 Å².